The van der Waals surface area contributed by atoms with Crippen molar-refractivity contribution in [2.45, 2.75) is 31.3 Å². The molecule has 2 heteroatoms. The second-order valence-corrected chi connectivity index (χ2v) is 4.72. The van der Waals surface area contributed by atoms with E-state index in [1.54, 1.807) is 11.8 Å². The number of nitrogens with one attached hydrogen (secondary N) is 1. The largest absolute Gasteiger partial charge is 0.310 e. The molecule has 0 aliphatic carbocycles. The molecule has 15 heavy (non-hydrogen) atoms. The van der Waals surface area contributed by atoms with E-state index in [0.717, 1.165) is 12.3 Å². The maximum atomic E-state index is 5.21. The summed E-state index contributed by atoms with van der Waals surface area (Å²) in [7, 11) is 0. The van der Waals surface area contributed by atoms with Gasteiger partial charge < -0.3 is 5.32 Å². The third kappa shape index (κ3) is 4.92. The summed E-state index contributed by atoms with van der Waals surface area (Å²) in [5, 5.41) is 3.39. The summed E-state index contributed by atoms with van der Waals surface area (Å²) in [4.78, 5) is 1.24. The molecular weight excluding hydrogens is 202 g/mol. The highest BCUT2D eigenvalue weighted by atomic mass is 32.2. The van der Waals surface area contributed by atoms with E-state index in [0.29, 0.717) is 6.04 Å². The van der Waals surface area contributed by atoms with Crippen molar-refractivity contribution in [1.82, 2.24) is 5.32 Å². The first-order valence-corrected chi connectivity index (χ1v) is 6.09. The molecular formula is C13H17NS. The van der Waals surface area contributed by atoms with Crippen LogP contribution in [-0.4, -0.2) is 11.8 Å². The van der Waals surface area contributed by atoms with Crippen LogP contribution in [0.25, 0.3) is 0 Å². The molecule has 0 aliphatic heterocycles. The van der Waals surface area contributed by atoms with Crippen molar-refractivity contribution in [3.8, 4) is 12.3 Å². The zero-order valence-corrected chi connectivity index (χ0v) is 10.1. The van der Waals surface area contributed by atoms with Gasteiger partial charge in [0.2, 0.25) is 0 Å². The number of rotatable bonds is 5. The molecule has 80 valence electrons. The second kappa shape index (κ2) is 6.55. The fourth-order valence-corrected chi connectivity index (χ4v) is 1.73. The molecule has 1 nitrogen and oxygen atoms in total. The maximum absolute atomic E-state index is 5.21. The molecule has 0 aromatic heterocycles. The molecule has 1 rings (SSSR count). The van der Waals surface area contributed by atoms with Gasteiger partial charge in [-0.15, -0.1) is 18.2 Å². The normalized spacial score (nSPS) is 10.3. The second-order valence-electron chi connectivity index (χ2n) is 3.67. The van der Waals surface area contributed by atoms with E-state index >= 15 is 0 Å². The van der Waals surface area contributed by atoms with Crippen LogP contribution in [0, 0.1) is 12.3 Å². The maximum Gasteiger partial charge on any atom is 0.0592 e. The average Bonchev–Trinajstić information content (AvgIpc) is 2.25. The Hall–Kier alpha value is -0.910. The zero-order chi connectivity index (χ0) is 11.1. The molecule has 1 N–H and O–H groups in total. The molecule has 0 aliphatic rings. The summed E-state index contributed by atoms with van der Waals surface area (Å²) in [6.45, 7) is 5.23. The first kappa shape index (κ1) is 12.2. The van der Waals surface area contributed by atoms with Gasteiger partial charge in [0.05, 0.1) is 5.75 Å². The van der Waals surface area contributed by atoms with Crippen LogP contribution in [0.2, 0.25) is 0 Å². The van der Waals surface area contributed by atoms with Crippen LogP contribution in [0.5, 0.6) is 0 Å². The van der Waals surface area contributed by atoms with Crippen molar-refractivity contribution in [3.05, 3.63) is 29.8 Å². The predicted molar refractivity (Wildman–Crippen MR) is 68.0 cm³/mol. The first-order valence-electron chi connectivity index (χ1n) is 5.11. The van der Waals surface area contributed by atoms with E-state index < -0.39 is 0 Å². The number of benzene rings is 1. The van der Waals surface area contributed by atoms with Crippen molar-refractivity contribution in [1.29, 1.82) is 0 Å². The molecule has 0 atom stereocenters. The van der Waals surface area contributed by atoms with E-state index in [1.807, 2.05) is 0 Å². The lowest BCUT2D eigenvalue weighted by Gasteiger charge is -2.08. The minimum absolute atomic E-state index is 0.528. The Balaban J connectivity index is 2.46. The van der Waals surface area contributed by atoms with Crippen molar-refractivity contribution in [2.75, 3.05) is 5.75 Å². The van der Waals surface area contributed by atoms with Crippen LogP contribution in [-0.2, 0) is 6.54 Å². The summed E-state index contributed by atoms with van der Waals surface area (Å²) >= 11 is 1.70. The number of thioether (sulfide) groups is 1. The molecule has 0 spiro atoms. The Morgan fingerprint density at radius 2 is 2.00 bits per heavy atom. The van der Waals surface area contributed by atoms with Gasteiger partial charge in [-0.3, -0.25) is 0 Å². The Kier molecular flexibility index (Phi) is 5.31. The monoisotopic (exact) mass is 219 g/mol. The lowest BCUT2D eigenvalue weighted by molar-refractivity contribution is 0.588. The van der Waals surface area contributed by atoms with Gasteiger partial charge in [-0.25, -0.2) is 0 Å². The van der Waals surface area contributed by atoms with E-state index in [9.17, 15) is 0 Å². The Labute approximate surface area is 96.7 Å². The van der Waals surface area contributed by atoms with E-state index in [-0.39, 0.29) is 0 Å². The summed E-state index contributed by atoms with van der Waals surface area (Å²) in [5.41, 5.74) is 1.31. The molecule has 0 unspecified atom stereocenters. The lowest BCUT2D eigenvalue weighted by atomic mass is 10.2. The van der Waals surface area contributed by atoms with Gasteiger partial charge in [-0.1, -0.05) is 31.9 Å². The molecule has 1 aromatic carbocycles. The Morgan fingerprint density at radius 1 is 1.33 bits per heavy atom. The van der Waals surface area contributed by atoms with Crippen LogP contribution in [0.15, 0.2) is 29.2 Å². The number of terminal acetylenes is 1. The van der Waals surface area contributed by atoms with Crippen LogP contribution in [0.1, 0.15) is 19.4 Å². The van der Waals surface area contributed by atoms with Crippen molar-refractivity contribution >= 4 is 11.8 Å². The van der Waals surface area contributed by atoms with Crippen LogP contribution >= 0.6 is 11.8 Å². The van der Waals surface area contributed by atoms with Gasteiger partial charge >= 0.3 is 0 Å². The standard InChI is InChI=1S/C13H17NS/c1-4-9-15-13-7-5-12(6-8-13)10-14-11(2)3/h1,5-8,11,14H,9-10H2,2-3H3. The molecule has 0 fully saturated rings. The SMILES string of the molecule is C#CCSc1ccc(CNC(C)C)cc1. The predicted octanol–water partition coefficient (Wildman–Crippen LogP) is 2.91. The average molecular weight is 219 g/mol. The summed E-state index contributed by atoms with van der Waals surface area (Å²) in [6.07, 6.45) is 5.21. The molecule has 0 amide bonds. The van der Waals surface area contributed by atoms with E-state index in [2.05, 4.69) is 49.4 Å². The molecule has 0 radical (unpaired) electrons. The highest BCUT2D eigenvalue weighted by molar-refractivity contribution is 7.99. The summed E-state index contributed by atoms with van der Waals surface area (Å²) in [6, 6.07) is 9.07. The minimum atomic E-state index is 0.528. The van der Waals surface area contributed by atoms with Gasteiger partial charge in [-0.2, -0.15) is 0 Å². The first-order chi connectivity index (χ1) is 7.22. The molecule has 0 bridgehead atoms. The quantitative estimate of drug-likeness (QED) is 0.603. The van der Waals surface area contributed by atoms with E-state index in [1.165, 1.54) is 10.5 Å². The molecule has 0 heterocycles. The summed E-state index contributed by atoms with van der Waals surface area (Å²) < 4.78 is 0. The van der Waals surface area contributed by atoms with E-state index in [4.69, 9.17) is 6.42 Å². The van der Waals surface area contributed by atoms with Crippen molar-refractivity contribution < 1.29 is 0 Å². The minimum Gasteiger partial charge on any atom is -0.310 e. The van der Waals surface area contributed by atoms with Gasteiger partial charge in [-0.05, 0) is 17.7 Å². The topological polar surface area (TPSA) is 12.0 Å². The van der Waals surface area contributed by atoms with Crippen molar-refractivity contribution in [3.63, 3.8) is 0 Å². The molecule has 0 saturated carbocycles. The number of hydrogen-bond acceptors (Lipinski definition) is 2. The highest BCUT2D eigenvalue weighted by Crippen LogP contribution is 2.17. The van der Waals surface area contributed by atoms with Crippen LogP contribution in [0.4, 0.5) is 0 Å². The fraction of sp³-hybridized carbons (Fsp3) is 0.385. The number of hydrogen-bond donors (Lipinski definition) is 1. The summed E-state index contributed by atoms with van der Waals surface area (Å²) in [5.74, 6) is 3.36. The third-order valence-corrected chi connectivity index (χ3v) is 2.88. The smallest absolute Gasteiger partial charge is 0.0592 e. The van der Waals surface area contributed by atoms with Gasteiger partial charge in [0.15, 0.2) is 0 Å². The van der Waals surface area contributed by atoms with Crippen LogP contribution < -0.4 is 5.32 Å². The highest BCUT2D eigenvalue weighted by Gasteiger charge is 1.96. The third-order valence-electron chi connectivity index (χ3n) is 1.96. The fourth-order valence-electron chi connectivity index (χ4n) is 1.15. The molecule has 1 aromatic rings. The Morgan fingerprint density at radius 3 is 2.53 bits per heavy atom. The Bertz CT molecular complexity index is 321. The van der Waals surface area contributed by atoms with Gasteiger partial charge in [0.25, 0.3) is 0 Å². The van der Waals surface area contributed by atoms with Gasteiger partial charge in [0, 0.05) is 17.5 Å². The molecule has 0 saturated heterocycles. The van der Waals surface area contributed by atoms with Gasteiger partial charge in [0.1, 0.15) is 0 Å². The van der Waals surface area contributed by atoms with Crippen molar-refractivity contribution in [2.24, 2.45) is 0 Å². The lowest BCUT2D eigenvalue weighted by Crippen LogP contribution is -2.21. The zero-order valence-electron chi connectivity index (χ0n) is 9.29. The van der Waals surface area contributed by atoms with Crippen LogP contribution in [0.3, 0.4) is 0 Å².